The molecule has 1 aliphatic rings. The molecule has 6 heteroatoms. The Morgan fingerprint density at radius 2 is 1.66 bits per heavy atom. The molecule has 0 radical (unpaired) electrons. The van der Waals surface area contributed by atoms with Gasteiger partial charge in [-0.1, -0.05) is 67.6 Å². The molecule has 1 N–H and O–H groups in total. The lowest BCUT2D eigenvalue weighted by atomic mass is 9.86. The number of hydrogen-bond donors (Lipinski definition) is 1. The van der Waals surface area contributed by atoms with E-state index in [-0.39, 0.29) is 11.7 Å². The fourth-order valence-corrected chi connectivity index (χ4v) is 6.23. The summed E-state index contributed by atoms with van der Waals surface area (Å²) in [6, 6.07) is 24.7. The van der Waals surface area contributed by atoms with Gasteiger partial charge in [0.25, 0.3) is 5.91 Å². The minimum absolute atomic E-state index is 0.0193. The quantitative estimate of drug-likeness (QED) is 0.305. The van der Waals surface area contributed by atoms with Gasteiger partial charge in [-0.25, -0.2) is 8.42 Å². The van der Waals surface area contributed by atoms with E-state index in [4.69, 9.17) is 0 Å². The summed E-state index contributed by atoms with van der Waals surface area (Å²) in [5.41, 5.74) is 6.50. The van der Waals surface area contributed by atoms with Crippen LogP contribution in [0, 0.1) is 0 Å². The first-order valence-corrected chi connectivity index (χ1v) is 15.8. The van der Waals surface area contributed by atoms with Crippen LogP contribution in [-0.2, 0) is 28.4 Å². The highest BCUT2D eigenvalue weighted by Gasteiger charge is 2.24. The van der Waals surface area contributed by atoms with Gasteiger partial charge in [0, 0.05) is 24.4 Å². The SMILES string of the molecule is CCCN(CCCCNC(=O)c1ccc(-c2ccccc2)cc1)[C@@H]1CCc2cc(CS(C)(=O)=O)ccc2C1. The zero-order valence-electron chi connectivity index (χ0n) is 22.7. The largest absolute Gasteiger partial charge is 0.352 e. The van der Waals surface area contributed by atoms with Crippen LogP contribution in [-0.4, -0.2) is 51.2 Å². The maximum Gasteiger partial charge on any atom is 0.251 e. The van der Waals surface area contributed by atoms with E-state index in [0.717, 1.165) is 68.3 Å². The monoisotopic (exact) mass is 532 g/mol. The number of nitrogens with one attached hydrogen (secondary N) is 1. The van der Waals surface area contributed by atoms with Gasteiger partial charge in [-0.2, -0.15) is 0 Å². The van der Waals surface area contributed by atoms with Crippen molar-refractivity contribution >= 4 is 15.7 Å². The number of carbonyl (C=O) groups excluding carboxylic acids is 1. The molecule has 38 heavy (non-hydrogen) atoms. The summed E-state index contributed by atoms with van der Waals surface area (Å²) in [5, 5.41) is 3.08. The maximum atomic E-state index is 12.6. The Morgan fingerprint density at radius 3 is 2.37 bits per heavy atom. The van der Waals surface area contributed by atoms with Crippen molar-refractivity contribution in [1.82, 2.24) is 10.2 Å². The van der Waals surface area contributed by atoms with Gasteiger partial charge in [0.15, 0.2) is 9.84 Å². The molecule has 0 aliphatic heterocycles. The summed E-state index contributed by atoms with van der Waals surface area (Å²) in [7, 11) is -3.02. The predicted molar refractivity (Wildman–Crippen MR) is 156 cm³/mol. The third kappa shape index (κ3) is 8.02. The van der Waals surface area contributed by atoms with Crippen LogP contribution in [0.3, 0.4) is 0 Å². The Morgan fingerprint density at radius 1 is 0.921 bits per heavy atom. The average Bonchev–Trinajstić information content (AvgIpc) is 2.91. The Bertz CT molecular complexity index is 1300. The summed E-state index contributed by atoms with van der Waals surface area (Å²) in [5.74, 6) is 0.0930. The zero-order chi connectivity index (χ0) is 27.0. The van der Waals surface area contributed by atoms with Crippen molar-refractivity contribution in [3.8, 4) is 11.1 Å². The number of sulfone groups is 1. The van der Waals surface area contributed by atoms with Crippen molar-refractivity contribution in [2.75, 3.05) is 25.9 Å². The second kappa shape index (κ2) is 13.2. The van der Waals surface area contributed by atoms with Crippen LogP contribution in [0.25, 0.3) is 11.1 Å². The van der Waals surface area contributed by atoms with Crippen LogP contribution < -0.4 is 5.32 Å². The molecule has 202 valence electrons. The van der Waals surface area contributed by atoms with Crippen molar-refractivity contribution in [1.29, 1.82) is 0 Å². The molecular weight excluding hydrogens is 492 g/mol. The highest BCUT2D eigenvalue weighted by Crippen LogP contribution is 2.27. The second-order valence-corrected chi connectivity index (χ2v) is 12.7. The van der Waals surface area contributed by atoms with Gasteiger partial charge in [-0.05, 0) is 91.6 Å². The number of amides is 1. The first-order valence-electron chi connectivity index (χ1n) is 13.8. The van der Waals surface area contributed by atoms with Gasteiger partial charge < -0.3 is 10.2 Å². The van der Waals surface area contributed by atoms with Gasteiger partial charge >= 0.3 is 0 Å². The molecular formula is C32H40N2O3S. The highest BCUT2D eigenvalue weighted by molar-refractivity contribution is 7.89. The minimum atomic E-state index is -3.02. The first-order chi connectivity index (χ1) is 18.3. The zero-order valence-corrected chi connectivity index (χ0v) is 23.5. The normalized spacial score (nSPS) is 15.3. The fourth-order valence-electron chi connectivity index (χ4n) is 5.45. The summed E-state index contributed by atoms with van der Waals surface area (Å²) in [6.45, 7) is 5.01. The van der Waals surface area contributed by atoms with Gasteiger partial charge in [-0.3, -0.25) is 4.79 Å². The van der Waals surface area contributed by atoms with E-state index in [1.165, 1.54) is 17.4 Å². The van der Waals surface area contributed by atoms with Crippen LogP contribution in [0.5, 0.6) is 0 Å². The number of benzene rings is 3. The van der Waals surface area contributed by atoms with Gasteiger partial charge in [-0.15, -0.1) is 0 Å². The molecule has 0 bridgehead atoms. The standard InChI is InChI=1S/C32H40N2O3S/c1-3-20-34(31-18-17-29-22-25(24-38(2,36)37)11-12-30(29)23-31)21-8-7-19-33-32(35)28-15-13-27(14-16-28)26-9-5-4-6-10-26/h4-6,9-16,22,31H,3,7-8,17-21,23-24H2,1-2H3,(H,33,35)/t31-/m1/s1. The fraction of sp³-hybridized carbons (Fsp3) is 0.406. The Labute approximate surface area is 228 Å². The van der Waals surface area contributed by atoms with Crippen molar-refractivity contribution < 1.29 is 13.2 Å². The lowest BCUT2D eigenvalue weighted by molar-refractivity contribution is 0.0952. The van der Waals surface area contributed by atoms with Crippen molar-refractivity contribution in [2.24, 2.45) is 0 Å². The Kier molecular flexibility index (Phi) is 9.75. The third-order valence-corrected chi connectivity index (χ3v) is 8.20. The van der Waals surface area contributed by atoms with E-state index in [1.54, 1.807) is 0 Å². The maximum absolute atomic E-state index is 12.6. The topological polar surface area (TPSA) is 66.5 Å². The summed E-state index contributed by atoms with van der Waals surface area (Å²) < 4.78 is 23.3. The highest BCUT2D eigenvalue weighted by atomic mass is 32.2. The molecule has 1 atom stereocenters. The van der Waals surface area contributed by atoms with E-state index >= 15 is 0 Å². The van der Waals surface area contributed by atoms with Crippen LogP contribution in [0.2, 0.25) is 0 Å². The van der Waals surface area contributed by atoms with E-state index in [9.17, 15) is 13.2 Å². The molecule has 0 spiro atoms. The number of aryl methyl sites for hydroxylation is 1. The molecule has 0 unspecified atom stereocenters. The van der Waals surface area contributed by atoms with Crippen molar-refractivity contribution in [3.05, 3.63) is 95.1 Å². The molecule has 0 fully saturated rings. The molecule has 3 aromatic rings. The van der Waals surface area contributed by atoms with Crippen LogP contribution in [0.4, 0.5) is 0 Å². The van der Waals surface area contributed by atoms with Crippen LogP contribution in [0.15, 0.2) is 72.8 Å². The summed E-state index contributed by atoms with van der Waals surface area (Å²) in [4.78, 5) is 15.2. The number of nitrogens with zero attached hydrogens (tertiary/aromatic N) is 1. The summed E-state index contributed by atoms with van der Waals surface area (Å²) >= 11 is 0. The number of unbranched alkanes of at least 4 members (excludes halogenated alkanes) is 1. The van der Waals surface area contributed by atoms with Gasteiger partial charge in [0.1, 0.15) is 0 Å². The molecule has 0 heterocycles. The molecule has 3 aromatic carbocycles. The third-order valence-electron chi connectivity index (χ3n) is 7.34. The molecule has 0 saturated heterocycles. The number of fused-ring (bicyclic) bond motifs is 1. The smallest absolute Gasteiger partial charge is 0.251 e. The van der Waals surface area contributed by atoms with Crippen molar-refractivity contribution in [2.45, 2.75) is 57.2 Å². The molecule has 1 aliphatic carbocycles. The first kappa shape index (κ1) is 28.1. The Balaban J connectivity index is 1.23. The molecule has 1 amide bonds. The van der Waals surface area contributed by atoms with Crippen LogP contribution >= 0.6 is 0 Å². The van der Waals surface area contributed by atoms with E-state index in [0.29, 0.717) is 18.2 Å². The van der Waals surface area contributed by atoms with Crippen molar-refractivity contribution in [3.63, 3.8) is 0 Å². The lowest BCUT2D eigenvalue weighted by Gasteiger charge is -2.35. The minimum Gasteiger partial charge on any atom is -0.352 e. The predicted octanol–water partition coefficient (Wildman–Crippen LogP) is 5.68. The molecule has 0 aromatic heterocycles. The number of carbonyl (C=O) groups is 1. The van der Waals surface area contributed by atoms with Gasteiger partial charge in [0.2, 0.25) is 0 Å². The van der Waals surface area contributed by atoms with Crippen LogP contribution in [0.1, 0.15) is 59.7 Å². The molecule has 0 saturated carbocycles. The van der Waals surface area contributed by atoms with E-state index in [2.05, 4.69) is 41.4 Å². The number of rotatable bonds is 12. The van der Waals surface area contributed by atoms with E-state index in [1.807, 2.05) is 48.5 Å². The summed E-state index contributed by atoms with van der Waals surface area (Å²) in [6.07, 6.45) is 7.52. The van der Waals surface area contributed by atoms with E-state index < -0.39 is 9.84 Å². The second-order valence-electron chi connectivity index (χ2n) is 10.5. The average molecular weight is 533 g/mol. The molecule has 5 nitrogen and oxygen atoms in total. The van der Waals surface area contributed by atoms with Gasteiger partial charge in [0.05, 0.1) is 5.75 Å². The number of hydrogen-bond acceptors (Lipinski definition) is 4. The molecule has 4 rings (SSSR count). The Hall–Kier alpha value is -2.96. The lowest BCUT2D eigenvalue weighted by Crippen LogP contribution is -2.40.